The Morgan fingerprint density at radius 3 is 2.90 bits per heavy atom. The molecular weight excluding hydrogens is 122 g/mol. The highest BCUT2D eigenvalue weighted by molar-refractivity contribution is 4.95. The molecule has 0 aliphatic heterocycles. The lowest BCUT2D eigenvalue weighted by Crippen LogP contribution is -2.14. The molecule has 0 fully saturated rings. The van der Waals surface area contributed by atoms with Gasteiger partial charge in [0.15, 0.2) is 0 Å². The highest BCUT2D eigenvalue weighted by atomic mass is 14.7. The van der Waals surface area contributed by atoms with E-state index in [1.165, 1.54) is 12.8 Å². The monoisotopic (exact) mass is 135 g/mol. The Bertz CT molecular complexity index is 164. The Morgan fingerprint density at radius 2 is 2.40 bits per heavy atom. The number of hydrogen-bond acceptors (Lipinski definition) is 0. The predicted molar refractivity (Wildman–Crippen MR) is 42.5 cm³/mol. The van der Waals surface area contributed by atoms with Crippen LogP contribution < -0.4 is 0 Å². The van der Waals surface area contributed by atoms with Crippen LogP contribution in [0.4, 0.5) is 0 Å². The zero-order chi connectivity index (χ0) is 7.40. The number of nitrogens with zero attached hydrogens (tertiary/aromatic N) is 1. The second-order valence-electron chi connectivity index (χ2n) is 2.91. The lowest BCUT2D eigenvalue weighted by Gasteiger charge is -2.15. The lowest BCUT2D eigenvalue weighted by molar-refractivity contribution is 0.444. The topological polar surface area (TPSA) is 4.36 Å². The van der Waals surface area contributed by atoms with Crippen LogP contribution >= 0.6 is 0 Å². The quantitative estimate of drug-likeness (QED) is 0.384. The summed E-state index contributed by atoms with van der Waals surface area (Å²) in [6, 6.07) is 0.227. The Labute approximate surface area is 62.6 Å². The SMILES string of the molecule is [C-]#[N+]C(C)C1CC=CCC1. The van der Waals surface area contributed by atoms with Gasteiger partial charge in [-0.1, -0.05) is 12.2 Å². The molecule has 1 aliphatic carbocycles. The molecule has 1 heteroatoms. The van der Waals surface area contributed by atoms with Crippen LogP contribution in [0, 0.1) is 12.5 Å². The second kappa shape index (κ2) is 3.41. The lowest BCUT2D eigenvalue weighted by atomic mass is 9.89. The van der Waals surface area contributed by atoms with Crippen LogP contribution in [-0.4, -0.2) is 6.04 Å². The minimum Gasteiger partial charge on any atom is -0.314 e. The molecule has 0 radical (unpaired) electrons. The molecule has 0 spiro atoms. The van der Waals surface area contributed by atoms with Crippen LogP contribution in [0.3, 0.4) is 0 Å². The van der Waals surface area contributed by atoms with E-state index in [1.54, 1.807) is 0 Å². The summed E-state index contributed by atoms with van der Waals surface area (Å²) in [6.07, 6.45) is 7.91. The molecule has 10 heavy (non-hydrogen) atoms. The minimum absolute atomic E-state index is 0.227. The predicted octanol–water partition coefficient (Wildman–Crippen LogP) is 2.65. The third kappa shape index (κ3) is 1.60. The van der Waals surface area contributed by atoms with Crippen LogP contribution in [0.5, 0.6) is 0 Å². The van der Waals surface area contributed by atoms with Crippen molar-refractivity contribution in [3.63, 3.8) is 0 Å². The van der Waals surface area contributed by atoms with Gasteiger partial charge in [-0.05, 0) is 19.3 Å². The van der Waals surface area contributed by atoms with E-state index in [0.717, 1.165) is 6.42 Å². The fourth-order valence-corrected chi connectivity index (χ4v) is 1.36. The molecule has 1 aliphatic rings. The van der Waals surface area contributed by atoms with Crippen molar-refractivity contribution in [3.05, 3.63) is 23.6 Å². The number of hydrogen-bond donors (Lipinski definition) is 0. The Morgan fingerprint density at radius 1 is 1.60 bits per heavy atom. The minimum atomic E-state index is 0.227. The van der Waals surface area contributed by atoms with Crippen molar-refractivity contribution >= 4 is 0 Å². The van der Waals surface area contributed by atoms with Crippen LogP contribution in [0.25, 0.3) is 4.85 Å². The maximum atomic E-state index is 6.85. The molecule has 0 amide bonds. The molecule has 1 rings (SSSR count). The average Bonchev–Trinajstić information content (AvgIpc) is 2.05. The summed E-state index contributed by atoms with van der Waals surface area (Å²) in [4.78, 5) is 3.53. The third-order valence-electron chi connectivity index (χ3n) is 2.20. The molecule has 0 aromatic heterocycles. The second-order valence-corrected chi connectivity index (χ2v) is 2.91. The van der Waals surface area contributed by atoms with Gasteiger partial charge in [0.05, 0.1) is 0 Å². The summed E-state index contributed by atoms with van der Waals surface area (Å²) in [5, 5.41) is 0. The first kappa shape index (κ1) is 7.34. The van der Waals surface area contributed by atoms with Gasteiger partial charge in [0, 0.05) is 12.8 Å². The molecule has 2 unspecified atom stereocenters. The van der Waals surface area contributed by atoms with E-state index < -0.39 is 0 Å². The van der Waals surface area contributed by atoms with E-state index >= 15 is 0 Å². The van der Waals surface area contributed by atoms with E-state index in [9.17, 15) is 0 Å². The fraction of sp³-hybridized carbons (Fsp3) is 0.667. The molecule has 0 aromatic carbocycles. The number of rotatable bonds is 1. The zero-order valence-electron chi connectivity index (χ0n) is 6.38. The standard InChI is InChI=1S/C9H13N/c1-8(10-2)9-6-4-3-5-7-9/h3-4,8-9H,5-7H2,1H3. The van der Waals surface area contributed by atoms with Crippen molar-refractivity contribution in [2.45, 2.75) is 32.2 Å². The van der Waals surface area contributed by atoms with Gasteiger partial charge in [-0.2, -0.15) is 0 Å². The summed E-state index contributed by atoms with van der Waals surface area (Å²) >= 11 is 0. The summed E-state index contributed by atoms with van der Waals surface area (Å²) in [5.74, 6) is 0.627. The van der Waals surface area contributed by atoms with Gasteiger partial charge in [-0.15, -0.1) is 0 Å². The molecule has 2 atom stereocenters. The van der Waals surface area contributed by atoms with E-state index in [-0.39, 0.29) is 6.04 Å². The van der Waals surface area contributed by atoms with Gasteiger partial charge in [0.25, 0.3) is 0 Å². The maximum absolute atomic E-state index is 6.85. The molecule has 0 aromatic rings. The largest absolute Gasteiger partial charge is 0.314 e. The number of allylic oxidation sites excluding steroid dienone is 2. The highest BCUT2D eigenvalue weighted by Crippen LogP contribution is 2.22. The normalized spacial score (nSPS) is 27.4. The van der Waals surface area contributed by atoms with Gasteiger partial charge >= 0.3 is 0 Å². The van der Waals surface area contributed by atoms with Crippen LogP contribution in [0.1, 0.15) is 26.2 Å². The maximum Gasteiger partial charge on any atom is 0.224 e. The molecule has 54 valence electrons. The Balaban J connectivity index is 2.43. The third-order valence-corrected chi connectivity index (χ3v) is 2.20. The molecule has 0 N–H and O–H groups in total. The molecule has 0 saturated carbocycles. The van der Waals surface area contributed by atoms with E-state index in [4.69, 9.17) is 6.57 Å². The van der Waals surface area contributed by atoms with Gasteiger partial charge in [0.1, 0.15) is 0 Å². The van der Waals surface area contributed by atoms with Crippen molar-refractivity contribution < 1.29 is 0 Å². The summed E-state index contributed by atoms with van der Waals surface area (Å²) in [7, 11) is 0. The fourth-order valence-electron chi connectivity index (χ4n) is 1.36. The molecule has 1 nitrogen and oxygen atoms in total. The average molecular weight is 135 g/mol. The summed E-state index contributed by atoms with van der Waals surface area (Å²) in [6.45, 7) is 8.87. The molecular formula is C9H13N. The highest BCUT2D eigenvalue weighted by Gasteiger charge is 2.20. The van der Waals surface area contributed by atoms with Gasteiger partial charge < -0.3 is 4.85 Å². The summed E-state index contributed by atoms with van der Waals surface area (Å²) in [5.41, 5.74) is 0. The molecule has 0 bridgehead atoms. The van der Waals surface area contributed by atoms with Gasteiger partial charge in [-0.3, -0.25) is 0 Å². The Kier molecular flexibility index (Phi) is 2.50. The first-order valence-electron chi connectivity index (χ1n) is 3.86. The van der Waals surface area contributed by atoms with Crippen molar-refractivity contribution in [2.24, 2.45) is 5.92 Å². The van der Waals surface area contributed by atoms with Crippen molar-refractivity contribution in [1.82, 2.24) is 0 Å². The summed E-state index contributed by atoms with van der Waals surface area (Å²) < 4.78 is 0. The smallest absolute Gasteiger partial charge is 0.224 e. The van der Waals surface area contributed by atoms with Gasteiger partial charge in [-0.25, -0.2) is 6.57 Å². The first-order chi connectivity index (χ1) is 4.84. The van der Waals surface area contributed by atoms with Crippen LogP contribution in [0.15, 0.2) is 12.2 Å². The van der Waals surface area contributed by atoms with E-state index in [1.807, 2.05) is 6.92 Å². The Hall–Kier alpha value is -0.770. The van der Waals surface area contributed by atoms with E-state index in [0.29, 0.717) is 5.92 Å². The van der Waals surface area contributed by atoms with E-state index in [2.05, 4.69) is 17.0 Å². The van der Waals surface area contributed by atoms with Crippen molar-refractivity contribution in [1.29, 1.82) is 0 Å². The molecule has 0 heterocycles. The van der Waals surface area contributed by atoms with Crippen molar-refractivity contribution in [3.8, 4) is 0 Å². The van der Waals surface area contributed by atoms with Crippen LogP contribution in [-0.2, 0) is 0 Å². The van der Waals surface area contributed by atoms with Crippen LogP contribution in [0.2, 0.25) is 0 Å². The zero-order valence-corrected chi connectivity index (χ0v) is 6.38. The first-order valence-corrected chi connectivity index (χ1v) is 3.86. The van der Waals surface area contributed by atoms with Gasteiger partial charge in [0.2, 0.25) is 6.04 Å². The molecule has 0 saturated heterocycles. The van der Waals surface area contributed by atoms with Crippen molar-refractivity contribution in [2.75, 3.05) is 0 Å².